The molecule has 0 amide bonds. The molecule has 0 saturated heterocycles. The van der Waals surface area contributed by atoms with Crippen LogP contribution in [0.2, 0.25) is 0 Å². The first-order valence-electron chi connectivity index (χ1n) is 8.04. The van der Waals surface area contributed by atoms with Gasteiger partial charge >= 0.3 is 0 Å². The van der Waals surface area contributed by atoms with E-state index in [0.717, 1.165) is 17.8 Å². The molecule has 0 heterocycles. The van der Waals surface area contributed by atoms with Crippen LogP contribution in [0.1, 0.15) is 69.0 Å². The Kier molecular flexibility index (Phi) is 3.66. The Bertz CT molecular complexity index is 422. The van der Waals surface area contributed by atoms with Crippen LogP contribution in [0.5, 0.6) is 0 Å². The van der Waals surface area contributed by atoms with Crippen LogP contribution in [0.4, 0.5) is 0 Å². The second-order valence-electron chi connectivity index (χ2n) is 6.84. The van der Waals surface area contributed by atoms with Crippen molar-refractivity contribution in [2.75, 3.05) is 0 Å². The van der Waals surface area contributed by atoms with Gasteiger partial charge in [0.25, 0.3) is 0 Å². The zero-order valence-electron chi connectivity index (χ0n) is 12.3. The van der Waals surface area contributed by atoms with E-state index in [0.29, 0.717) is 5.92 Å². The van der Waals surface area contributed by atoms with Crippen molar-refractivity contribution in [3.05, 3.63) is 35.4 Å². The maximum atomic E-state index is 6.55. The molecule has 1 aromatic rings. The van der Waals surface area contributed by atoms with Gasteiger partial charge in [-0.15, -0.1) is 0 Å². The van der Waals surface area contributed by atoms with Gasteiger partial charge in [-0.25, -0.2) is 0 Å². The molecule has 2 N–H and O–H groups in total. The van der Waals surface area contributed by atoms with Crippen molar-refractivity contribution in [2.24, 2.45) is 23.5 Å². The molecule has 2 saturated carbocycles. The van der Waals surface area contributed by atoms with Gasteiger partial charge in [0.15, 0.2) is 0 Å². The van der Waals surface area contributed by atoms with Gasteiger partial charge in [-0.1, -0.05) is 44.5 Å². The average Bonchev–Trinajstić information content (AvgIpc) is 3.08. The van der Waals surface area contributed by atoms with Crippen LogP contribution in [0.15, 0.2) is 24.3 Å². The molecule has 0 radical (unpaired) electrons. The van der Waals surface area contributed by atoms with Crippen molar-refractivity contribution in [2.45, 2.75) is 57.9 Å². The van der Waals surface area contributed by atoms with E-state index in [9.17, 15) is 0 Å². The molecule has 19 heavy (non-hydrogen) atoms. The molecule has 0 aromatic heterocycles. The average molecular weight is 257 g/mol. The fraction of sp³-hybridized carbons (Fsp3) is 0.667. The van der Waals surface area contributed by atoms with E-state index in [-0.39, 0.29) is 6.04 Å². The first-order chi connectivity index (χ1) is 9.19. The standard InChI is InChI=1S/C18H27N/c1-3-12(2)14-6-8-15(9-7-14)18(19)17-11-13-4-5-16(17)10-13/h6-9,12-13,16-18H,3-5,10-11,19H2,1-2H3. The summed E-state index contributed by atoms with van der Waals surface area (Å²) in [5.74, 6) is 3.30. The second kappa shape index (κ2) is 5.28. The van der Waals surface area contributed by atoms with Crippen molar-refractivity contribution in [3.8, 4) is 0 Å². The zero-order chi connectivity index (χ0) is 13.4. The topological polar surface area (TPSA) is 26.0 Å². The third-order valence-electron chi connectivity index (χ3n) is 5.76. The summed E-state index contributed by atoms with van der Waals surface area (Å²) in [7, 11) is 0. The van der Waals surface area contributed by atoms with Crippen molar-refractivity contribution in [3.63, 3.8) is 0 Å². The largest absolute Gasteiger partial charge is 0.324 e. The smallest absolute Gasteiger partial charge is 0.0326 e. The van der Waals surface area contributed by atoms with E-state index >= 15 is 0 Å². The predicted octanol–water partition coefficient (Wildman–Crippen LogP) is 4.64. The Morgan fingerprint density at radius 2 is 1.79 bits per heavy atom. The molecule has 3 rings (SSSR count). The molecule has 0 aliphatic heterocycles. The van der Waals surface area contributed by atoms with Crippen LogP contribution >= 0.6 is 0 Å². The predicted molar refractivity (Wildman–Crippen MR) is 81.0 cm³/mol. The lowest BCUT2D eigenvalue weighted by atomic mass is 9.80. The van der Waals surface area contributed by atoms with Crippen LogP contribution in [0.3, 0.4) is 0 Å². The zero-order valence-corrected chi connectivity index (χ0v) is 12.3. The van der Waals surface area contributed by atoms with E-state index in [1.54, 1.807) is 0 Å². The summed E-state index contributed by atoms with van der Waals surface area (Å²) in [4.78, 5) is 0. The highest BCUT2D eigenvalue weighted by atomic mass is 14.7. The lowest BCUT2D eigenvalue weighted by Gasteiger charge is -2.28. The Morgan fingerprint density at radius 3 is 2.32 bits per heavy atom. The molecule has 1 nitrogen and oxygen atoms in total. The summed E-state index contributed by atoms with van der Waals surface area (Å²) in [5.41, 5.74) is 9.35. The maximum absolute atomic E-state index is 6.55. The number of fused-ring (bicyclic) bond motifs is 2. The van der Waals surface area contributed by atoms with Crippen LogP contribution in [-0.2, 0) is 0 Å². The molecule has 1 heteroatoms. The highest BCUT2D eigenvalue weighted by Crippen LogP contribution is 2.51. The Labute approximate surface area is 117 Å². The van der Waals surface area contributed by atoms with Crippen molar-refractivity contribution in [1.29, 1.82) is 0 Å². The molecule has 0 spiro atoms. The first kappa shape index (κ1) is 13.2. The number of nitrogens with two attached hydrogens (primary N) is 1. The minimum atomic E-state index is 0.265. The minimum Gasteiger partial charge on any atom is -0.324 e. The van der Waals surface area contributed by atoms with Crippen molar-refractivity contribution < 1.29 is 0 Å². The first-order valence-corrected chi connectivity index (χ1v) is 8.04. The van der Waals surface area contributed by atoms with Gasteiger partial charge < -0.3 is 5.73 Å². The quantitative estimate of drug-likeness (QED) is 0.835. The number of hydrogen-bond donors (Lipinski definition) is 1. The van der Waals surface area contributed by atoms with E-state index in [4.69, 9.17) is 5.73 Å². The summed E-state index contributed by atoms with van der Waals surface area (Å²) >= 11 is 0. The maximum Gasteiger partial charge on any atom is 0.0326 e. The van der Waals surface area contributed by atoms with Crippen LogP contribution in [-0.4, -0.2) is 0 Å². The SMILES string of the molecule is CCC(C)c1ccc(C(N)C2CC3CCC2C3)cc1. The van der Waals surface area contributed by atoms with E-state index in [1.807, 2.05) is 0 Å². The summed E-state index contributed by atoms with van der Waals surface area (Å²) in [6, 6.07) is 9.39. The van der Waals surface area contributed by atoms with Crippen LogP contribution in [0.25, 0.3) is 0 Å². The Morgan fingerprint density at radius 1 is 1.11 bits per heavy atom. The summed E-state index contributed by atoms with van der Waals surface area (Å²) in [5, 5.41) is 0. The Hall–Kier alpha value is -0.820. The van der Waals surface area contributed by atoms with Gasteiger partial charge in [0, 0.05) is 6.04 Å². The molecule has 2 aliphatic rings. The van der Waals surface area contributed by atoms with Gasteiger partial charge in [-0.2, -0.15) is 0 Å². The van der Waals surface area contributed by atoms with Crippen LogP contribution < -0.4 is 5.73 Å². The molecule has 2 fully saturated rings. The van der Waals surface area contributed by atoms with Gasteiger partial charge in [0.05, 0.1) is 0 Å². The third kappa shape index (κ3) is 2.45. The third-order valence-corrected chi connectivity index (χ3v) is 5.76. The Balaban J connectivity index is 1.71. The monoisotopic (exact) mass is 257 g/mol. The summed E-state index contributed by atoms with van der Waals surface area (Å²) in [6.07, 6.45) is 6.91. The minimum absolute atomic E-state index is 0.265. The van der Waals surface area contributed by atoms with E-state index < -0.39 is 0 Å². The lowest BCUT2D eigenvalue weighted by Crippen LogP contribution is -2.25. The highest BCUT2D eigenvalue weighted by Gasteiger charge is 2.42. The lowest BCUT2D eigenvalue weighted by molar-refractivity contribution is 0.284. The van der Waals surface area contributed by atoms with Crippen molar-refractivity contribution >= 4 is 0 Å². The van der Waals surface area contributed by atoms with Gasteiger partial charge in [-0.05, 0) is 60.5 Å². The summed E-state index contributed by atoms with van der Waals surface area (Å²) < 4.78 is 0. The second-order valence-corrected chi connectivity index (χ2v) is 6.84. The number of hydrogen-bond acceptors (Lipinski definition) is 1. The van der Waals surface area contributed by atoms with Crippen molar-refractivity contribution in [1.82, 2.24) is 0 Å². The fourth-order valence-electron chi connectivity index (χ4n) is 4.26. The normalized spacial score (nSPS) is 32.5. The highest BCUT2D eigenvalue weighted by molar-refractivity contribution is 5.27. The number of benzene rings is 1. The van der Waals surface area contributed by atoms with E-state index in [2.05, 4.69) is 38.1 Å². The van der Waals surface area contributed by atoms with Crippen LogP contribution in [0, 0.1) is 17.8 Å². The number of rotatable bonds is 4. The molecular formula is C18H27N. The van der Waals surface area contributed by atoms with Gasteiger partial charge in [0.1, 0.15) is 0 Å². The molecule has 2 aliphatic carbocycles. The van der Waals surface area contributed by atoms with Gasteiger partial charge in [0.2, 0.25) is 0 Å². The molecule has 104 valence electrons. The summed E-state index contributed by atoms with van der Waals surface area (Å²) in [6.45, 7) is 4.55. The molecule has 2 bridgehead atoms. The molecule has 1 aromatic carbocycles. The molecular weight excluding hydrogens is 230 g/mol. The molecule has 5 unspecified atom stereocenters. The van der Waals surface area contributed by atoms with Gasteiger partial charge in [-0.3, -0.25) is 0 Å². The molecule has 5 atom stereocenters. The van der Waals surface area contributed by atoms with E-state index in [1.165, 1.54) is 43.2 Å². The fourth-order valence-corrected chi connectivity index (χ4v) is 4.26.